The largest absolute Gasteiger partial charge is 0.490 e. The summed E-state index contributed by atoms with van der Waals surface area (Å²) in [7, 11) is 1.58. The minimum atomic E-state index is 0.132. The first kappa shape index (κ1) is 22.2. The number of rotatable bonds is 9. The molecule has 0 aliphatic carbocycles. The molecule has 0 aliphatic rings. The van der Waals surface area contributed by atoms with Gasteiger partial charge in [-0.15, -0.1) is 6.42 Å². The van der Waals surface area contributed by atoms with E-state index in [0.29, 0.717) is 40.6 Å². The normalized spacial score (nSPS) is 10.4. The quantitative estimate of drug-likeness (QED) is 0.348. The lowest BCUT2D eigenvalue weighted by Gasteiger charge is -2.13. The Morgan fingerprint density at radius 1 is 1.34 bits per heavy atom. The van der Waals surface area contributed by atoms with Crippen LogP contribution in [0.4, 0.5) is 5.82 Å². The molecule has 2 rings (SSSR count). The van der Waals surface area contributed by atoms with E-state index in [0.717, 1.165) is 16.8 Å². The van der Waals surface area contributed by atoms with E-state index >= 15 is 0 Å². The summed E-state index contributed by atoms with van der Waals surface area (Å²) in [5.41, 5.74) is 5.49. The highest BCUT2D eigenvalue weighted by molar-refractivity contribution is 9.10. The molecule has 0 saturated carbocycles. The maximum Gasteiger partial charge on any atom is 0.176 e. The van der Waals surface area contributed by atoms with Crippen molar-refractivity contribution in [1.29, 1.82) is 5.26 Å². The van der Waals surface area contributed by atoms with Gasteiger partial charge in [0.1, 0.15) is 18.2 Å². The molecule has 150 valence electrons. The number of nitriles is 1. The van der Waals surface area contributed by atoms with E-state index in [-0.39, 0.29) is 6.61 Å². The van der Waals surface area contributed by atoms with E-state index in [1.807, 2.05) is 26.0 Å². The van der Waals surface area contributed by atoms with E-state index in [1.165, 1.54) is 0 Å². The summed E-state index contributed by atoms with van der Waals surface area (Å²) in [5, 5.41) is 13.7. The van der Waals surface area contributed by atoms with Gasteiger partial charge in [0.2, 0.25) is 0 Å². The molecule has 0 fully saturated rings. The molecular formula is C21H21BrN4O3. The van der Waals surface area contributed by atoms with Crippen LogP contribution in [-0.4, -0.2) is 31.5 Å². The zero-order valence-electron chi connectivity index (χ0n) is 16.5. The number of aryl methyl sites for hydroxylation is 1. The van der Waals surface area contributed by atoms with Gasteiger partial charge in [-0.3, -0.25) is 5.43 Å². The lowest BCUT2D eigenvalue weighted by atomic mass is 10.1. The summed E-state index contributed by atoms with van der Waals surface area (Å²) in [5.74, 6) is 3.88. The highest BCUT2D eigenvalue weighted by atomic mass is 79.9. The highest BCUT2D eigenvalue weighted by Gasteiger charge is 2.13. The first-order valence-electron chi connectivity index (χ1n) is 8.75. The monoisotopic (exact) mass is 456 g/mol. The fraction of sp³-hybridized carbons (Fsp3) is 0.286. The average Bonchev–Trinajstić information content (AvgIpc) is 2.68. The van der Waals surface area contributed by atoms with Gasteiger partial charge in [-0.1, -0.05) is 5.92 Å². The second-order valence-electron chi connectivity index (χ2n) is 5.82. The number of benzene rings is 1. The van der Waals surface area contributed by atoms with Gasteiger partial charge in [-0.05, 0) is 53.5 Å². The van der Waals surface area contributed by atoms with Crippen molar-refractivity contribution >= 4 is 28.0 Å². The summed E-state index contributed by atoms with van der Waals surface area (Å²) < 4.78 is 17.0. The number of ether oxygens (including phenoxy) is 3. The maximum absolute atomic E-state index is 9.48. The lowest BCUT2D eigenvalue weighted by molar-refractivity contribution is 0.184. The molecule has 0 saturated heterocycles. The summed E-state index contributed by atoms with van der Waals surface area (Å²) >= 11 is 3.47. The van der Waals surface area contributed by atoms with Crippen LogP contribution in [0.25, 0.3) is 0 Å². The number of halogens is 1. The number of nitrogens with one attached hydrogen (secondary N) is 1. The van der Waals surface area contributed by atoms with Crippen molar-refractivity contribution in [3.05, 3.63) is 45.1 Å². The van der Waals surface area contributed by atoms with E-state index in [4.69, 9.17) is 20.6 Å². The predicted molar refractivity (Wildman–Crippen MR) is 115 cm³/mol. The van der Waals surface area contributed by atoms with Crippen LogP contribution in [0.2, 0.25) is 0 Å². The fourth-order valence-corrected chi connectivity index (χ4v) is 3.14. The highest BCUT2D eigenvalue weighted by Crippen LogP contribution is 2.36. The first-order chi connectivity index (χ1) is 14.0. The van der Waals surface area contributed by atoms with Crippen LogP contribution >= 0.6 is 15.9 Å². The molecule has 1 aromatic heterocycles. The molecule has 0 spiro atoms. The molecular weight excluding hydrogens is 436 g/mol. The Bertz CT molecular complexity index is 977. The van der Waals surface area contributed by atoms with Crippen LogP contribution in [0.3, 0.4) is 0 Å². The number of anilines is 1. The zero-order valence-corrected chi connectivity index (χ0v) is 18.0. The number of hydrogen-bond donors (Lipinski definition) is 1. The van der Waals surface area contributed by atoms with Crippen LogP contribution in [-0.2, 0) is 11.3 Å². The minimum absolute atomic E-state index is 0.132. The number of pyridine rings is 1. The van der Waals surface area contributed by atoms with Gasteiger partial charge in [-0.25, -0.2) is 4.98 Å². The predicted octanol–water partition coefficient (Wildman–Crippen LogP) is 4.03. The maximum atomic E-state index is 9.48. The van der Waals surface area contributed by atoms with Gasteiger partial charge in [-0.2, -0.15) is 10.4 Å². The first-order valence-corrected chi connectivity index (χ1v) is 9.54. The van der Waals surface area contributed by atoms with E-state index < -0.39 is 0 Å². The number of hydrogen-bond acceptors (Lipinski definition) is 7. The zero-order chi connectivity index (χ0) is 21.2. The third-order valence-electron chi connectivity index (χ3n) is 3.66. The molecule has 29 heavy (non-hydrogen) atoms. The molecule has 8 heteroatoms. The van der Waals surface area contributed by atoms with E-state index in [2.05, 4.69) is 43.4 Å². The Labute approximate surface area is 178 Å². The van der Waals surface area contributed by atoms with Gasteiger partial charge in [0.25, 0.3) is 0 Å². The van der Waals surface area contributed by atoms with Crippen molar-refractivity contribution in [3.8, 4) is 29.9 Å². The number of nitrogens with zero attached hydrogens (tertiary/aromatic N) is 3. The molecule has 1 aromatic carbocycles. The number of aromatic nitrogens is 1. The fourth-order valence-electron chi connectivity index (χ4n) is 2.56. The third-order valence-corrected chi connectivity index (χ3v) is 4.25. The van der Waals surface area contributed by atoms with Crippen LogP contribution in [0.15, 0.2) is 27.8 Å². The van der Waals surface area contributed by atoms with Crippen LogP contribution in [0.5, 0.6) is 11.5 Å². The van der Waals surface area contributed by atoms with Gasteiger partial charge in [0.05, 0.1) is 23.9 Å². The molecule has 0 bridgehead atoms. The summed E-state index contributed by atoms with van der Waals surface area (Å²) in [4.78, 5) is 4.35. The molecule has 2 aromatic rings. The Morgan fingerprint density at radius 3 is 2.79 bits per heavy atom. The van der Waals surface area contributed by atoms with Crippen molar-refractivity contribution in [2.24, 2.45) is 5.10 Å². The van der Waals surface area contributed by atoms with Crippen LogP contribution < -0.4 is 14.9 Å². The van der Waals surface area contributed by atoms with Gasteiger partial charge in [0.15, 0.2) is 17.3 Å². The smallest absolute Gasteiger partial charge is 0.176 e. The molecule has 0 radical (unpaired) electrons. The molecule has 7 nitrogen and oxygen atoms in total. The third kappa shape index (κ3) is 5.95. The van der Waals surface area contributed by atoms with Crippen LogP contribution in [0.1, 0.15) is 29.3 Å². The van der Waals surface area contributed by atoms with Crippen molar-refractivity contribution in [2.75, 3.05) is 25.7 Å². The van der Waals surface area contributed by atoms with Gasteiger partial charge < -0.3 is 14.2 Å². The topological polar surface area (TPSA) is 88.8 Å². The SMILES string of the molecule is C#CCOc1c(Br)cc(/C=N\Nc2nc(C)cc(COC)c2C#N)cc1OCC. The standard InChI is InChI=1S/C21H21BrN4O3/c1-5-7-29-20-18(22)9-15(10-19(20)28-6-2)12-24-26-21-17(11-23)16(13-27-4)8-14(3)25-21/h1,8-10,12H,6-7,13H2,2-4H3,(H,25,26)/b24-12-. The Hall–Kier alpha value is -3.07. The number of terminal acetylenes is 1. The average molecular weight is 457 g/mol. The molecule has 1 N–H and O–H groups in total. The summed E-state index contributed by atoms with van der Waals surface area (Å²) in [6.07, 6.45) is 6.86. The number of methoxy groups -OCH3 is 1. The Morgan fingerprint density at radius 2 is 2.14 bits per heavy atom. The van der Waals surface area contributed by atoms with Crippen molar-refractivity contribution in [2.45, 2.75) is 20.5 Å². The van der Waals surface area contributed by atoms with Gasteiger partial charge in [0, 0.05) is 18.4 Å². The summed E-state index contributed by atoms with van der Waals surface area (Å²) in [6, 6.07) is 7.58. The van der Waals surface area contributed by atoms with Crippen LogP contribution in [0, 0.1) is 30.6 Å². The molecule has 0 atom stereocenters. The second-order valence-corrected chi connectivity index (χ2v) is 6.67. The van der Waals surface area contributed by atoms with Crippen molar-refractivity contribution in [1.82, 2.24) is 4.98 Å². The van der Waals surface area contributed by atoms with E-state index in [1.54, 1.807) is 19.4 Å². The van der Waals surface area contributed by atoms with Crippen molar-refractivity contribution in [3.63, 3.8) is 0 Å². The minimum Gasteiger partial charge on any atom is -0.490 e. The van der Waals surface area contributed by atoms with Crippen molar-refractivity contribution < 1.29 is 14.2 Å². The lowest BCUT2D eigenvalue weighted by Crippen LogP contribution is -2.04. The molecule has 0 amide bonds. The van der Waals surface area contributed by atoms with E-state index in [9.17, 15) is 5.26 Å². The Balaban J connectivity index is 2.29. The van der Waals surface area contributed by atoms with Gasteiger partial charge >= 0.3 is 0 Å². The molecule has 1 heterocycles. The number of hydrazone groups is 1. The molecule has 0 unspecified atom stereocenters. The summed E-state index contributed by atoms with van der Waals surface area (Å²) in [6.45, 7) is 4.64. The molecule has 0 aliphatic heterocycles. The second kappa shape index (κ2) is 11.1. The Kier molecular flexibility index (Phi) is 8.47.